The van der Waals surface area contributed by atoms with Gasteiger partial charge in [-0.1, -0.05) is 11.3 Å². The Hall–Kier alpha value is -3.59. The molecule has 0 spiro atoms. The number of nitrogens with one attached hydrogen (secondary N) is 1. The fourth-order valence-corrected chi connectivity index (χ4v) is 3.97. The van der Waals surface area contributed by atoms with E-state index in [9.17, 15) is 14.0 Å². The Morgan fingerprint density at radius 3 is 2.68 bits per heavy atom. The Bertz CT molecular complexity index is 1310. The van der Waals surface area contributed by atoms with Crippen LogP contribution in [0, 0.1) is 12.7 Å². The molecule has 0 atom stereocenters. The van der Waals surface area contributed by atoms with E-state index in [1.807, 2.05) is 25.1 Å². The van der Waals surface area contributed by atoms with Crippen molar-refractivity contribution >= 4 is 32.6 Å². The van der Waals surface area contributed by atoms with Crippen LogP contribution in [0.5, 0.6) is 5.75 Å². The first-order valence-corrected chi connectivity index (χ1v) is 10.4. The van der Waals surface area contributed by atoms with Crippen LogP contribution < -0.4 is 15.6 Å². The first-order chi connectivity index (χ1) is 14.9. The summed E-state index contributed by atoms with van der Waals surface area (Å²) < 4.78 is 20.9. The highest BCUT2D eigenvalue weighted by atomic mass is 32.1. The average Bonchev–Trinajstić information content (AvgIpc) is 3.12. The second kappa shape index (κ2) is 8.65. The van der Waals surface area contributed by atoms with Gasteiger partial charge in [-0.3, -0.25) is 14.2 Å². The van der Waals surface area contributed by atoms with Gasteiger partial charge in [-0.05, 0) is 50.2 Å². The number of benzene rings is 2. The highest BCUT2D eigenvalue weighted by Crippen LogP contribution is 2.29. The number of aryl methyl sites for hydroxylation is 1. The summed E-state index contributed by atoms with van der Waals surface area (Å²) in [4.78, 5) is 34.1. The van der Waals surface area contributed by atoms with E-state index in [-0.39, 0.29) is 12.1 Å². The molecule has 0 fully saturated rings. The van der Waals surface area contributed by atoms with Crippen LogP contribution >= 0.6 is 11.3 Å². The van der Waals surface area contributed by atoms with E-state index in [0.29, 0.717) is 40.1 Å². The first kappa shape index (κ1) is 20.7. The van der Waals surface area contributed by atoms with Gasteiger partial charge in [0.2, 0.25) is 5.91 Å². The number of ether oxygens (including phenoxy) is 1. The molecule has 9 heteroatoms. The number of amides is 1. The van der Waals surface area contributed by atoms with Crippen LogP contribution in [0.1, 0.15) is 12.6 Å². The number of carbonyl (C=O) groups is 1. The summed E-state index contributed by atoms with van der Waals surface area (Å²) in [6, 6.07) is 12.5. The summed E-state index contributed by atoms with van der Waals surface area (Å²) in [6.45, 7) is 3.89. The van der Waals surface area contributed by atoms with E-state index in [1.165, 1.54) is 46.2 Å². The normalized spacial score (nSPS) is 10.9. The molecular formula is C22H19FN4O3S. The minimum Gasteiger partial charge on any atom is -0.494 e. The number of hydrogen-bond acceptors (Lipinski definition) is 6. The summed E-state index contributed by atoms with van der Waals surface area (Å²) in [5.41, 5.74) is 1.40. The monoisotopic (exact) mass is 438 g/mol. The highest BCUT2D eigenvalue weighted by Gasteiger charge is 2.15. The number of halogens is 1. The summed E-state index contributed by atoms with van der Waals surface area (Å²) in [5.74, 6) is 0.191. The molecule has 0 saturated heterocycles. The number of thiazole rings is 1. The van der Waals surface area contributed by atoms with Crippen molar-refractivity contribution in [1.29, 1.82) is 0 Å². The molecule has 2 aromatic carbocycles. The van der Waals surface area contributed by atoms with Crippen molar-refractivity contribution in [2.45, 2.75) is 20.4 Å². The summed E-state index contributed by atoms with van der Waals surface area (Å²) in [6.07, 6.45) is 0. The lowest BCUT2D eigenvalue weighted by molar-refractivity contribution is -0.116. The van der Waals surface area contributed by atoms with Gasteiger partial charge in [-0.15, -0.1) is 0 Å². The maximum absolute atomic E-state index is 13.3. The summed E-state index contributed by atoms with van der Waals surface area (Å²) >= 11 is 1.33. The lowest BCUT2D eigenvalue weighted by atomic mass is 10.2. The Morgan fingerprint density at radius 1 is 1.16 bits per heavy atom. The molecule has 0 radical (unpaired) electrons. The van der Waals surface area contributed by atoms with Crippen molar-refractivity contribution < 1.29 is 13.9 Å². The summed E-state index contributed by atoms with van der Waals surface area (Å²) in [7, 11) is 0. The summed E-state index contributed by atoms with van der Waals surface area (Å²) in [5, 5.41) is 3.16. The fourth-order valence-electron chi connectivity index (χ4n) is 3.11. The van der Waals surface area contributed by atoms with E-state index >= 15 is 0 Å². The zero-order valence-electron chi connectivity index (χ0n) is 16.9. The lowest BCUT2D eigenvalue weighted by Gasteiger charge is -2.12. The van der Waals surface area contributed by atoms with Crippen molar-refractivity contribution in [1.82, 2.24) is 14.5 Å². The highest BCUT2D eigenvalue weighted by molar-refractivity contribution is 7.22. The van der Waals surface area contributed by atoms with Gasteiger partial charge in [-0.25, -0.2) is 14.4 Å². The molecular weight excluding hydrogens is 419 g/mol. The van der Waals surface area contributed by atoms with Crippen LogP contribution in [0.15, 0.2) is 53.3 Å². The van der Waals surface area contributed by atoms with Crippen molar-refractivity contribution in [2.75, 3.05) is 11.9 Å². The van der Waals surface area contributed by atoms with Crippen LogP contribution in [0.2, 0.25) is 0 Å². The molecule has 7 nitrogen and oxygen atoms in total. The molecule has 0 aliphatic carbocycles. The number of fused-ring (bicyclic) bond motifs is 1. The van der Waals surface area contributed by atoms with Gasteiger partial charge >= 0.3 is 0 Å². The molecule has 0 bridgehead atoms. The largest absolute Gasteiger partial charge is 0.494 e. The number of aromatic nitrogens is 3. The van der Waals surface area contributed by atoms with Crippen molar-refractivity contribution in [3.8, 4) is 17.1 Å². The second-order valence-corrected chi connectivity index (χ2v) is 7.81. The Labute approximate surface area is 181 Å². The minimum atomic E-state index is -0.416. The van der Waals surface area contributed by atoms with E-state index in [1.54, 1.807) is 6.92 Å². The molecule has 1 N–H and O–H groups in total. The number of nitrogens with zero attached hydrogens (tertiary/aromatic N) is 3. The third-order valence-electron chi connectivity index (χ3n) is 4.46. The van der Waals surface area contributed by atoms with Crippen molar-refractivity contribution in [2.24, 2.45) is 0 Å². The quantitative estimate of drug-likeness (QED) is 0.492. The molecule has 4 rings (SSSR count). The predicted molar refractivity (Wildman–Crippen MR) is 118 cm³/mol. The molecule has 2 aromatic heterocycles. The second-order valence-electron chi connectivity index (χ2n) is 6.78. The van der Waals surface area contributed by atoms with Crippen LogP contribution in [-0.4, -0.2) is 27.0 Å². The van der Waals surface area contributed by atoms with Crippen molar-refractivity contribution in [3.63, 3.8) is 0 Å². The number of rotatable bonds is 6. The maximum Gasteiger partial charge on any atom is 0.254 e. The molecule has 1 amide bonds. The van der Waals surface area contributed by atoms with Gasteiger partial charge in [0.25, 0.3) is 5.56 Å². The van der Waals surface area contributed by atoms with Crippen LogP contribution in [-0.2, 0) is 11.3 Å². The van der Waals surface area contributed by atoms with E-state index in [0.717, 1.165) is 4.70 Å². The first-order valence-electron chi connectivity index (χ1n) is 9.60. The standard InChI is InChI=1S/C22H19FN4O3S/c1-3-30-16-8-9-18-17(11-16)25-22(31-18)26-19(28)12-27-20(29)10-13(2)24-21(27)14-4-6-15(23)7-5-14/h4-11H,3,12H2,1-2H3,(H,25,26,28). The molecule has 2 heterocycles. The number of hydrogen-bond donors (Lipinski definition) is 1. The zero-order chi connectivity index (χ0) is 22.0. The SMILES string of the molecule is CCOc1ccc2sc(NC(=O)Cn3c(-c4ccc(F)cc4)nc(C)cc3=O)nc2c1. The Balaban J connectivity index is 1.59. The minimum absolute atomic E-state index is 0.251. The smallest absolute Gasteiger partial charge is 0.254 e. The number of carbonyl (C=O) groups excluding carboxylic acids is 1. The molecule has 0 unspecified atom stereocenters. The fraction of sp³-hybridized carbons (Fsp3) is 0.182. The number of anilines is 1. The van der Waals surface area contributed by atoms with Gasteiger partial charge in [0.15, 0.2) is 5.13 Å². The van der Waals surface area contributed by atoms with Crippen LogP contribution in [0.3, 0.4) is 0 Å². The van der Waals surface area contributed by atoms with Crippen LogP contribution in [0.25, 0.3) is 21.6 Å². The lowest BCUT2D eigenvalue weighted by Crippen LogP contribution is -2.29. The van der Waals surface area contributed by atoms with Crippen LogP contribution in [0.4, 0.5) is 9.52 Å². The molecule has 158 valence electrons. The average molecular weight is 438 g/mol. The van der Waals surface area contributed by atoms with Gasteiger partial charge < -0.3 is 10.1 Å². The zero-order valence-corrected chi connectivity index (χ0v) is 17.7. The Kier molecular flexibility index (Phi) is 5.77. The van der Waals surface area contributed by atoms with Gasteiger partial charge in [-0.2, -0.15) is 0 Å². The topological polar surface area (TPSA) is 86.1 Å². The molecule has 4 aromatic rings. The Morgan fingerprint density at radius 2 is 1.94 bits per heavy atom. The molecule has 0 saturated carbocycles. The van der Waals surface area contributed by atoms with Crippen molar-refractivity contribution in [3.05, 3.63) is 70.4 Å². The third-order valence-corrected chi connectivity index (χ3v) is 5.41. The molecule has 31 heavy (non-hydrogen) atoms. The maximum atomic E-state index is 13.3. The molecule has 0 aliphatic rings. The van der Waals surface area contributed by atoms with E-state index in [2.05, 4.69) is 15.3 Å². The predicted octanol–water partition coefficient (Wildman–Crippen LogP) is 4.00. The van der Waals surface area contributed by atoms with Gasteiger partial charge in [0.1, 0.15) is 23.9 Å². The van der Waals surface area contributed by atoms with E-state index in [4.69, 9.17) is 4.74 Å². The molecule has 0 aliphatic heterocycles. The van der Waals surface area contributed by atoms with Gasteiger partial charge in [0, 0.05) is 23.4 Å². The third kappa shape index (κ3) is 4.61. The van der Waals surface area contributed by atoms with E-state index < -0.39 is 11.7 Å². The van der Waals surface area contributed by atoms with Gasteiger partial charge in [0.05, 0.1) is 16.8 Å².